The highest BCUT2D eigenvalue weighted by Gasteiger charge is 2.17. The van der Waals surface area contributed by atoms with Crippen LogP contribution in [0.15, 0.2) is 4.99 Å². The van der Waals surface area contributed by atoms with Crippen LogP contribution < -0.4 is 15.4 Å². The van der Waals surface area contributed by atoms with E-state index in [4.69, 9.17) is 9.47 Å². The number of rotatable bonds is 11. The van der Waals surface area contributed by atoms with Crippen LogP contribution in [0.4, 0.5) is 0 Å². The zero-order chi connectivity index (χ0) is 17.7. The average molecular weight is 492 g/mol. The summed E-state index contributed by atoms with van der Waals surface area (Å²) in [6.07, 6.45) is 3.90. The molecule has 1 atom stereocenters. The van der Waals surface area contributed by atoms with Crippen molar-refractivity contribution < 1.29 is 17.9 Å². The van der Waals surface area contributed by atoms with Crippen LogP contribution in [0.1, 0.15) is 32.6 Å². The van der Waals surface area contributed by atoms with E-state index in [2.05, 4.69) is 20.3 Å². The Hall–Kier alpha value is -0.170. The smallest absolute Gasteiger partial charge is 0.213 e. The van der Waals surface area contributed by atoms with Crippen LogP contribution in [0.5, 0.6) is 0 Å². The minimum absolute atomic E-state index is 0. The van der Waals surface area contributed by atoms with E-state index in [9.17, 15) is 8.42 Å². The normalized spacial score (nSPS) is 18.5. The van der Waals surface area contributed by atoms with Crippen LogP contribution in [0.3, 0.4) is 0 Å². The lowest BCUT2D eigenvalue weighted by atomic mass is 10.1. The maximum atomic E-state index is 12.0. The van der Waals surface area contributed by atoms with Gasteiger partial charge in [-0.1, -0.05) is 0 Å². The molecule has 0 bridgehead atoms. The molecule has 3 N–H and O–H groups in total. The van der Waals surface area contributed by atoms with Gasteiger partial charge in [0.1, 0.15) is 0 Å². The van der Waals surface area contributed by atoms with Crippen LogP contribution in [0, 0.1) is 0 Å². The first-order valence-corrected chi connectivity index (χ1v) is 10.3. The second-order valence-electron chi connectivity index (χ2n) is 5.69. The molecule has 0 aliphatic carbocycles. The Kier molecular flexibility index (Phi) is 14.8. The topological polar surface area (TPSA) is 101 Å². The molecule has 25 heavy (non-hydrogen) atoms. The Balaban J connectivity index is 0.00000576. The summed E-state index contributed by atoms with van der Waals surface area (Å²) in [5.74, 6) is 0.627. The second-order valence-corrected chi connectivity index (χ2v) is 7.62. The van der Waals surface area contributed by atoms with Gasteiger partial charge in [0.15, 0.2) is 5.96 Å². The number of halogens is 1. The molecule has 0 radical (unpaired) electrons. The Morgan fingerprint density at radius 1 is 1.32 bits per heavy atom. The van der Waals surface area contributed by atoms with Crippen LogP contribution in [0.25, 0.3) is 0 Å². The lowest BCUT2D eigenvalue weighted by Crippen LogP contribution is -2.42. The van der Waals surface area contributed by atoms with Gasteiger partial charge < -0.3 is 20.1 Å². The number of guanidine groups is 1. The van der Waals surface area contributed by atoms with Gasteiger partial charge >= 0.3 is 0 Å². The fourth-order valence-corrected chi connectivity index (χ4v) is 3.26. The second kappa shape index (κ2) is 14.9. The standard InChI is InChI=1S/C15H32N4O4S.HI/c1-3-16-15(17-8-6-10-22-2)18-9-12-24(20,21)19-13-14-7-4-5-11-23-14;/h14,19H,3-13H2,1-2H3,(H2,16,17,18);1H. The van der Waals surface area contributed by atoms with Gasteiger partial charge in [-0.2, -0.15) is 0 Å². The molecule has 1 aliphatic rings. The van der Waals surface area contributed by atoms with E-state index in [1.54, 1.807) is 7.11 Å². The number of nitrogens with one attached hydrogen (secondary N) is 3. The maximum Gasteiger partial charge on any atom is 0.213 e. The highest BCUT2D eigenvalue weighted by Crippen LogP contribution is 2.11. The highest BCUT2D eigenvalue weighted by atomic mass is 127. The molecule has 0 aromatic heterocycles. The lowest BCUT2D eigenvalue weighted by molar-refractivity contribution is 0.0200. The quantitative estimate of drug-likeness (QED) is 0.170. The largest absolute Gasteiger partial charge is 0.385 e. The average Bonchev–Trinajstić information content (AvgIpc) is 2.58. The molecule has 0 saturated carbocycles. The Bertz CT molecular complexity index is 456. The zero-order valence-corrected chi connectivity index (χ0v) is 18.4. The molecule has 0 spiro atoms. The van der Waals surface area contributed by atoms with Gasteiger partial charge in [-0.15, -0.1) is 24.0 Å². The van der Waals surface area contributed by atoms with Crippen molar-refractivity contribution in [3.05, 3.63) is 0 Å². The van der Waals surface area contributed by atoms with Crippen molar-refractivity contribution in [2.75, 3.05) is 52.3 Å². The van der Waals surface area contributed by atoms with Gasteiger partial charge in [0.2, 0.25) is 10.0 Å². The molecule has 10 heteroatoms. The third kappa shape index (κ3) is 12.8. The summed E-state index contributed by atoms with van der Waals surface area (Å²) in [6, 6.07) is 0. The number of methoxy groups -OCH3 is 1. The summed E-state index contributed by atoms with van der Waals surface area (Å²) in [5.41, 5.74) is 0. The highest BCUT2D eigenvalue weighted by molar-refractivity contribution is 14.0. The Morgan fingerprint density at radius 2 is 2.12 bits per heavy atom. The van der Waals surface area contributed by atoms with E-state index >= 15 is 0 Å². The number of nitrogens with zero attached hydrogens (tertiary/aromatic N) is 1. The number of aliphatic imine (C=N–C) groups is 1. The van der Waals surface area contributed by atoms with E-state index in [-0.39, 0.29) is 35.8 Å². The van der Waals surface area contributed by atoms with E-state index < -0.39 is 10.0 Å². The van der Waals surface area contributed by atoms with Crippen LogP contribution in [-0.2, 0) is 19.5 Å². The molecule has 150 valence electrons. The van der Waals surface area contributed by atoms with Gasteiger partial charge in [-0.25, -0.2) is 13.1 Å². The maximum absolute atomic E-state index is 12.0. The van der Waals surface area contributed by atoms with Crippen LogP contribution in [-0.4, -0.2) is 72.7 Å². The van der Waals surface area contributed by atoms with Crippen molar-refractivity contribution in [1.29, 1.82) is 0 Å². The van der Waals surface area contributed by atoms with Gasteiger partial charge in [-0.3, -0.25) is 4.99 Å². The van der Waals surface area contributed by atoms with E-state index in [0.717, 1.165) is 38.8 Å². The summed E-state index contributed by atoms with van der Waals surface area (Å²) < 4.78 is 37.2. The Morgan fingerprint density at radius 3 is 2.76 bits per heavy atom. The lowest BCUT2D eigenvalue weighted by Gasteiger charge is -2.22. The first-order chi connectivity index (χ1) is 11.6. The molecule has 1 rings (SSSR count). The summed E-state index contributed by atoms with van der Waals surface area (Å²) in [4.78, 5) is 4.37. The number of sulfonamides is 1. The molecule has 1 unspecified atom stereocenters. The van der Waals surface area contributed by atoms with Gasteiger partial charge in [0.05, 0.1) is 11.9 Å². The van der Waals surface area contributed by atoms with Gasteiger partial charge in [0, 0.05) is 46.5 Å². The SMILES string of the molecule is CCNC(=NCCCOC)NCCS(=O)(=O)NCC1CCCCO1.I. The van der Waals surface area contributed by atoms with Crippen molar-refractivity contribution >= 4 is 40.0 Å². The van der Waals surface area contributed by atoms with Gasteiger partial charge in [0.25, 0.3) is 0 Å². The molecular formula is C15H33IN4O4S. The molecule has 8 nitrogen and oxygen atoms in total. The molecule has 1 aliphatic heterocycles. The number of ether oxygens (including phenoxy) is 2. The molecule has 0 aromatic carbocycles. The number of hydrogen-bond acceptors (Lipinski definition) is 5. The molecule has 1 heterocycles. The summed E-state index contributed by atoms with van der Waals surface area (Å²) in [5, 5.41) is 6.13. The Labute approximate surface area is 169 Å². The minimum atomic E-state index is -3.32. The van der Waals surface area contributed by atoms with Crippen LogP contribution in [0.2, 0.25) is 0 Å². The molecule has 0 aromatic rings. The van der Waals surface area contributed by atoms with Crippen molar-refractivity contribution in [3.63, 3.8) is 0 Å². The minimum Gasteiger partial charge on any atom is -0.385 e. The van der Waals surface area contributed by atoms with Crippen molar-refractivity contribution in [2.45, 2.75) is 38.7 Å². The van der Waals surface area contributed by atoms with E-state index in [1.165, 1.54) is 0 Å². The molecule has 1 fully saturated rings. The predicted molar refractivity (Wildman–Crippen MR) is 111 cm³/mol. The number of hydrogen-bond donors (Lipinski definition) is 3. The molecule has 1 saturated heterocycles. The summed E-state index contributed by atoms with van der Waals surface area (Å²) >= 11 is 0. The molecule has 0 amide bonds. The summed E-state index contributed by atoms with van der Waals surface area (Å²) in [7, 11) is -1.66. The molecular weight excluding hydrogens is 459 g/mol. The monoisotopic (exact) mass is 492 g/mol. The fraction of sp³-hybridized carbons (Fsp3) is 0.933. The van der Waals surface area contributed by atoms with E-state index in [0.29, 0.717) is 32.2 Å². The fourth-order valence-electron chi connectivity index (χ4n) is 2.31. The first-order valence-electron chi connectivity index (χ1n) is 8.67. The van der Waals surface area contributed by atoms with Crippen molar-refractivity contribution in [2.24, 2.45) is 4.99 Å². The summed E-state index contributed by atoms with van der Waals surface area (Å²) in [6.45, 7) is 5.36. The zero-order valence-electron chi connectivity index (χ0n) is 15.3. The first kappa shape index (κ1) is 24.8. The van der Waals surface area contributed by atoms with Gasteiger partial charge in [-0.05, 0) is 32.6 Å². The van der Waals surface area contributed by atoms with Crippen molar-refractivity contribution in [1.82, 2.24) is 15.4 Å². The third-order valence-corrected chi connectivity index (χ3v) is 4.94. The third-order valence-electron chi connectivity index (χ3n) is 3.59. The predicted octanol–water partition coefficient (Wildman–Crippen LogP) is 0.685. The van der Waals surface area contributed by atoms with Crippen LogP contribution >= 0.6 is 24.0 Å². The van der Waals surface area contributed by atoms with E-state index in [1.807, 2.05) is 6.92 Å². The van der Waals surface area contributed by atoms with Crippen molar-refractivity contribution in [3.8, 4) is 0 Å².